The van der Waals surface area contributed by atoms with Crippen molar-refractivity contribution >= 4 is 5.91 Å². The van der Waals surface area contributed by atoms with Crippen molar-refractivity contribution in [1.82, 2.24) is 15.1 Å². The van der Waals surface area contributed by atoms with E-state index in [2.05, 4.69) is 31.1 Å². The number of likely N-dealkylation sites (N-methyl/N-ethyl adjacent to an activating group) is 2. The zero-order valence-corrected chi connectivity index (χ0v) is 11.9. The van der Waals surface area contributed by atoms with Gasteiger partial charge in [-0.2, -0.15) is 0 Å². The maximum Gasteiger partial charge on any atom is 0.239 e. The van der Waals surface area contributed by atoms with Gasteiger partial charge in [0, 0.05) is 13.1 Å². The Morgan fingerprint density at radius 3 is 2.29 bits per heavy atom. The van der Waals surface area contributed by atoms with E-state index in [0.29, 0.717) is 12.0 Å². The van der Waals surface area contributed by atoms with Gasteiger partial charge in [-0.3, -0.25) is 4.79 Å². The van der Waals surface area contributed by atoms with E-state index >= 15 is 0 Å². The minimum absolute atomic E-state index is 0.0559. The average molecular weight is 241 g/mol. The Labute approximate surface area is 105 Å². The first-order valence-electron chi connectivity index (χ1n) is 6.59. The van der Waals surface area contributed by atoms with E-state index in [9.17, 15) is 4.79 Å². The summed E-state index contributed by atoms with van der Waals surface area (Å²) in [6, 6.07) is 0.355. The summed E-state index contributed by atoms with van der Waals surface area (Å²) in [5, 5.41) is 3.13. The highest BCUT2D eigenvalue weighted by Gasteiger charge is 2.29. The van der Waals surface area contributed by atoms with Gasteiger partial charge in [-0.25, -0.2) is 0 Å². The number of piperidine rings is 1. The number of nitrogens with zero attached hydrogens (tertiary/aromatic N) is 2. The molecule has 17 heavy (non-hydrogen) atoms. The molecule has 1 fully saturated rings. The van der Waals surface area contributed by atoms with Gasteiger partial charge in [0.15, 0.2) is 0 Å². The fourth-order valence-corrected chi connectivity index (χ4v) is 2.52. The van der Waals surface area contributed by atoms with Crippen molar-refractivity contribution in [3.63, 3.8) is 0 Å². The Morgan fingerprint density at radius 2 is 1.88 bits per heavy atom. The maximum absolute atomic E-state index is 12.3. The standard InChI is InChI=1S/C13H27N3O/c1-10(2)12(14-3)13(17)16(5)11-6-8-15(4)9-7-11/h10-12,14H,6-9H2,1-5H3/t12-/m1/s1. The largest absolute Gasteiger partial charge is 0.341 e. The van der Waals surface area contributed by atoms with Crippen LogP contribution in [-0.2, 0) is 4.79 Å². The molecule has 100 valence electrons. The van der Waals surface area contributed by atoms with Gasteiger partial charge in [-0.05, 0) is 45.9 Å². The molecule has 1 atom stereocenters. The Kier molecular flexibility index (Phi) is 5.40. The number of amides is 1. The van der Waals surface area contributed by atoms with E-state index < -0.39 is 0 Å². The summed E-state index contributed by atoms with van der Waals surface area (Å²) in [7, 11) is 5.96. The van der Waals surface area contributed by atoms with Gasteiger partial charge < -0.3 is 15.1 Å². The van der Waals surface area contributed by atoms with Gasteiger partial charge in [0.2, 0.25) is 5.91 Å². The molecular formula is C13H27N3O. The summed E-state index contributed by atoms with van der Waals surface area (Å²) in [5.74, 6) is 0.568. The van der Waals surface area contributed by atoms with Gasteiger partial charge in [0.1, 0.15) is 0 Å². The molecule has 1 amide bonds. The predicted molar refractivity (Wildman–Crippen MR) is 71.0 cm³/mol. The maximum atomic E-state index is 12.3. The summed E-state index contributed by atoms with van der Waals surface area (Å²) >= 11 is 0. The average Bonchev–Trinajstić information content (AvgIpc) is 2.29. The minimum Gasteiger partial charge on any atom is -0.341 e. The van der Waals surface area contributed by atoms with Gasteiger partial charge in [-0.1, -0.05) is 13.8 Å². The summed E-state index contributed by atoms with van der Waals surface area (Å²) in [5.41, 5.74) is 0. The van der Waals surface area contributed by atoms with Crippen LogP contribution in [0.15, 0.2) is 0 Å². The Hall–Kier alpha value is -0.610. The van der Waals surface area contributed by atoms with Crippen LogP contribution in [0.25, 0.3) is 0 Å². The van der Waals surface area contributed by atoms with Crippen LogP contribution in [0.1, 0.15) is 26.7 Å². The monoisotopic (exact) mass is 241 g/mol. The molecule has 4 heteroatoms. The van der Waals surface area contributed by atoms with Crippen molar-refractivity contribution in [2.75, 3.05) is 34.2 Å². The number of hydrogen-bond acceptors (Lipinski definition) is 3. The summed E-state index contributed by atoms with van der Waals surface area (Å²) in [6.45, 7) is 6.35. The molecule has 0 aliphatic carbocycles. The second kappa shape index (κ2) is 6.36. The number of carbonyl (C=O) groups excluding carboxylic acids is 1. The third-order valence-electron chi connectivity index (χ3n) is 3.83. The molecule has 1 saturated heterocycles. The number of hydrogen-bond donors (Lipinski definition) is 1. The summed E-state index contributed by atoms with van der Waals surface area (Å²) in [6.07, 6.45) is 2.18. The van der Waals surface area contributed by atoms with Crippen LogP contribution in [0.4, 0.5) is 0 Å². The second-order valence-corrected chi connectivity index (χ2v) is 5.49. The van der Waals surface area contributed by atoms with Crippen molar-refractivity contribution in [3.05, 3.63) is 0 Å². The predicted octanol–water partition coefficient (Wildman–Crippen LogP) is 0.783. The van der Waals surface area contributed by atoms with Gasteiger partial charge in [0.05, 0.1) is 6.04 Å². The van der Waals surface area contributed by atoms with E-state index in [-0.39, 0.29) is 11.9 Å². The molecule has 4 nitrogen and oxygen atoms in total. The van der Waals surface area contributed by atoms with E-state index in [1.165, 1.54) is 0 Å². The fourth-order valence-electron chi connectivity index (χ4n) is 2.52. The van der Waals surface area contributed by atoms with Gasteiger partial charge in [-0.15, -0.1) is 0 Å². The zero-order valence-electron chi connectivity index (χ0n) is 11.9. The van der Waals surface area contributed by atoms with Crippen LogP contribution < -0.4 is 5.32 Å². The number of rotatable bonds is 4. The molecule has 0 aromatic carbocycles. The van der Waals surface area contributed by atoms with Gasteiger partial charge >= 0.3 is 0 Å². The van der Waals surface area contributed by atoms with Crippen molar-refractivity contribution in [2.45, 2.75) is 38.8 Å². The highest BCUT2D eigenvalue weighted by Crippen LogP contribution is 2.16. The Bertz CT molecular complexity index is 247. The van der Waals surface area contributed by atoms with Crippen LogP contribution in [0.3, 0.4) is 0 Å². The molecule has 0 saturated carbocycles. The topological polar surface area (TPSA) is 35.6 Å². The molecule has 0 aromatic rings. The van der Waals surface area contributed by atoms with E-state index in [1.807, 2.05) is 19.0 Å². The van der Waals surface area contributed by atoms with Crippen LogP contribution in [-0.4, -0.2) is 62.0 Å². The normalized spacial score (nSPS) is 20.6. The molecule has 0 bridgehead atoms. The first-order chi connectivity index (χ1) is 7.97. The van der Waals surface area contributed by atoms with Crippen molar-refractivity contribution in [1.29, 1.82) is 0 Å². The van der Waals surface area contributed by atoms with Crippen LogP contribution in [0.2, 0.25) is 0 Å². The quantitative estimate of drug-likeness (QED) is 0.790. The summed E-state index contributed by atoms with van der Waals surface area (Å²) < 4.78 is 0. The third kappa shape index (κ3) is 3.68. The lowest BCUT2D eigenvalue weighted by molar-refractivity contribution is -0.136. The summed E-state index contributed by atoms with van der Waals surface area (Å²) in [4.78, 5) is 16.6. The van der Waals surface area contributed by atoms with Crippen LogP contribution in [0.5, 0.6) is 0 Å². The SMILES string of the molecule is CN[C@@H](C(=O)N(C)C1CCN(C)CC1)C(C)C. The highest BCUT2D eigenvalue weighted by atomic mass is 16.2. The Morgan fingerprint density at radius 1 is 1.35 bits per heavy atom. The van der Waals surface area contributed by atoms with Crippen molar-refractivity contribution in [2.24, 2.45) is 5.92 Å². The van der Waals surface area contributed by atoms with Gasteiger partial charge in [0.25, 0.3) is 0 Å². The van der Waals surface area contributed by atoms with Crippen LogP contribution >= 0.6 is 0 Å². The number of carbonyl (C=O) groups is 1. The molecule has 1 N–H and O–H groups in total. The number of nitrogens with one attached hydrogen (secondary N) is 1. The van der Waals surface area contributed by atoms with E-state index in [4.69, 9.17) is 0 Å². The highest BCUT2D eigenvalue weighted by molar-refractivity contribution is 5.82. The lowest BCUT2D eigenvalue weighted by Crippen LogP contribution is -2.52. The van der Waals surface area contributed by atoms with Crippen molar-refractivity contribution in [3.8, 4) is 0 Å². The van der Waals surface area contributed by atoms with E-state index in [1.54, 1.807) is 0 Å². The second-order valence-electron chi connectivity index (χ2n) is 5.49. The molecule has 1 heterocycles. The first-order valence-corrected chi connectivity index (χ1v) is 6.59. The third-order valence-corrected chi connectivity index (χ3v) is 3.83. The molecule has 1 rings (SSSR count). The molecule has 0 radical (unpaired) electrons. The molecular weight excluding hydrogens is 214 g/mol. The lowest BCUT2D eigenvalue weighted by Gasteiger charge is -2.37. The Balaban J connectivity index is 2.56. The molecule has 0 spiro atoms. The minimum atomic E-state index is -0.0559. The lowest BCUT2D eigenvalue weighted by atomic mass is 9.99. The zero-order chi connectivity index (χ0) is 13.0. The molecule has 0 unspecified atom stereocenters. The fraction of sp³-hybridized carbons (Fsp3) is 0.923. The molecule has 1 aliphatic rings. The molecule has 0 aromatic heterocycles. The number of likely N-dealkylation sites (tertiary alicyclic amines) is 1. The first kappa shape index (κ1) is 14.5. The van der Waals surface area contributed by atoms with Crippen LogP contribution in [0, 0.1) is 5.92 Å². The smallest absolute Gasteiger partial charge is 0.239 e. The molecule has 1 aliphatic heterocycles. The van der Waals surface area contributed by atoms with E-state index in [0.717, 1.165) is 25.9 Å². The van der Waals surface area contributed by atoms with Crippen molar-refractivity contribution < 1.29 is 4.79 Å².